The van der Waals surface area contributed by atoms with Gasteiger partial charge in [-0.05, 0) is 26.4 Å². The molecule has 8 heteroatoms. The average Bonchev–Trinajstić information content (AvgIpc) is 2.46. The van der Waals surface area contributed by atoms with E-state index in [0.29, 0.717) is 12.6 Å². The van der Waals surface area contributed by atoms with Crippen molar-refractivity contribution in [1.82, 2.24) is 14.9 Å². The third-order valence-electron chi connectivity index (χ3n) is 3.49. The molecule has 0 amide bonds. The van der Waals surface area contributed by atoms with Crippen LogP contribution in [0.1, 0.15) is 19.3 Å². The molecule has 1 aromatic heterocycles. The molecule has 1 aliphatic rings. The lowest BCUT2D eigenvalue weighted by atomic mass is 10.0. The fraction of sp³-hybridized carbons (Fsp3) is 0.667. The molecule has 8 nitrogen and oxygen atoms in total. The van der Waals surface area contributed by atoms with Crippen LogP contribution in [0.4, 0.5) is 11.6 Å². The van der Waals surface area contributed by atoms with Crippen molar-refractivity contribution in [2.24, 2.45) is 0 Å². The summed E-state index contributed by atoms with van der Waals surface area (Å²) < 4.78 is 5.58. The Balaban J connectivity index is 2.08. The summed E-state index contributed by atoms with van der Waals surface area (Å²) in [5.74, 6) is 0.330. The standard InChI is InChI=1S/C12H19N5O3/c1-13-12-14-7-10(17(18)19)11(15-12)20-8-9-5-3-4-6-16(9)2/h7,9H,3-6,8H2,1-2H3,(H,13,14,15). The van der Waals surface area contributed by atoms with Gasteiger partial charge >= 0.3 is 5.69 Å². The van der Waals surface area contributed by atoms with E-state index >= 15 is 0 Å². The van der Waals surface area contributed by atoms with Gasteiger partial charge in [0.25, 0.3) is 5.88 Å². The molecule has 110 valence electrons. The van der Waals surface area contributed by atoms with Gasteiger partial charge in [-0.2, -0.15) is 4.98 Å². The van der Waals surface area contributed by atoms with Crippen LogP contribution in [0.3, 0.4) is 0 Å². The van der Waals surface area contributed by atoms with Crippen molar-refractivity contribution in [2.45, 2.75) is 25.3 Å². The second kappa shape index (κ2) is 6.47. The van der Waals surface area contributed by atoms with Crippen LogP contribution in [0, 0.1) is 10.1 Å². The lowest BCUT2D eigenvalue weighted by Gasteiger charge is -2.31. The van der Waals surface area contributed by atoms with Crippen LogP contribution in [0.25, 0.3) is 0 Å². The summed E-state index contributed by atoms with van der Waals surface area (Å²) in [7, 11) is 3.69. The minimum Gasteiger partial charge on any atom is -0.471 e. The molecule has 1 aromatic rings. The Labute approximate surface area is 117 Å². The number of ether oxygens (including phenoxy) is 1. The maximum absolute atomic E-state index is 11.0. The molecule has 0 radical (unpaired) electrons. The number of nitrogens with zero attached hydrogens (tertiary/aromatic N) is 4. The highest BCUT2D eigenvalue weighted by molar-refractivity contribution is 5.42. The van der Waals surface area contributed by atoms with Crippen LogP contribution in [0.2, 0.25) is 0 Å². The molecule has 1 saturated heterocycles. The van der Waals surface area contributed by atoms with Gasteiger partial charge in [0.2, 0.25) is 5.95 Å². The smallest absolute Gasteiger partial charge is 0.349 e. The fourth-order valence-corrected chi connectivity index (χ4v) is 2.24. The fourth-order valence-electron chi connectivity index (χ4n) is 2.24. The first-order chi connectivity index (χ1) is 9.61. The summed E-state index contributed by atoms with van der Waals surface area (Å²) in [6, 6.07) is 0.274. The van der Waals surface area contributed by atoms with Crippen molar-refractivity contribution >= 4 is 11.6 Å². The molecule has 1 atom stereocenters. The number of aromatic nitrogens is 2. The molecule has 0 spiro atoms. The van der Waals surface area contributed by atoms with Gasteiger partial charge in [-0.25, -0.2) is 4.98 Å². The first-order valence-corrected chi connectivity index (χ1v) is 6.64. The van der Waals surface area contributed by atoms with Crippen LogP contribution < -0.4 is 10.1 Å². The van der Waals surface area contributed by atoms with Crippen LogP contribution in [-0.2, 0) is 0 Å². The van der Waals surface area contributed by atoms with Crippen LogP contribution in [0.5, 0.6) is 5.88 Å². The zero-order valence-electron chi connectivity index (χ0n) is 11.7. The Morgan fingerprint density at radius 3 is 3.05 bits per heavy atom. The first-order valence-electron chi connectivity index (χ1n) is 6.64. The summed E-state index contributed by atoms with van der Waals surface area (Å²) in [5, 5.41) is 13.7. The molecule has 1 N–H and O–H groups in total. The Morgan fingerprint density at radius 2 is 2.40 bits per heavy atom. The van der Waals surface area contributed by atoms with Crippen LogP contribution in [-0.4, -0.2) is 53.1 Å². The molecule has 0 bridgehead atoms. The molecule has 20 heavy (non-hydrogen) atoms. The van der Waals surface area contributed by atoms with E-state index in [4.69, 9.17) is 4.74 Å². The molecule has 0 aliphatic carbocycles. The van der Waals surface area contributed by atoms with Gasteiger partial charge in [-0.3, -0.25) is 10.1 Å². The number of nitrogens with one attached hydrogen (secondary N) is 1. The molecule has 2 rings (SSSR count). The number of likely N-dealkylation sites (N-methyl/N-ethyl adjacent to an activating group) is 1. The van der Waals surface area contributed by atoms with Gasteiger partial charge in [-0.1, -0.05) is 6.42 Å². The largest absolute Gasteiger partial charge is 0.471 e. The van der Waals surface area contributed by atoms with Crippen molar-refractivity contribution < 1.29 is 9.66 Å². The zero-order chi connectivity index (χ0) is 14.5. The highest BCUT2D eigenvalue weighted by Gasteiger charge is 2.23. The maximum atomic E-state index is 11.0. The normalized spacial score (nSPS) is 19.6. The van der Waals surface area contributed by atoms with Gasteiger partial charge in [-0.15, -0.1) is 0 Å². The van der Waals surface area contributed by atoms with Crippen molar-refractivity contribution in [3.63, 3.8) is 0 Å². The molecule has 1 unspecified atom stereocenters. The van der Waals surface area contributed by atoms with Crippen LogP contribution in [0.15, 0.2) is 6.20 Å². The topological polar surface area (TPSA) is 93.4 Å². The van der Waals surface area contributed by atoms with Gasteiger partial charge in [0.05, 0.1) is 4.92 Å². The van der Waals surface area contributed by atoms with Gasteiger partial charge in [0.15, 0.2) is 0 Å². The van der Waals surface area contributed by atoms with E-state index in [1.165, 1.54) is 12.6 Å². The van der Waals surface area contributed by atoms with Gasteiger partial charge < -0.3 is 15.0 Å². The highest BCUT2D eigenvalue weighted by Crippen LogP contribution is 2.25. The second-order valence-corrected chi connectivity index (χ2v) is 4.83. The van der Waals surface area contributed by atoms with Gasteiger partial charge in [0.1, 0.15) is 12.8 Å². The summed E-state index contributed by atoms with van der Waals surface area (Å²) in [4.78, 5) is 20.5. The Morgan fingerprint density at radius 1 is 1.60 bits per heavy atom. The van der Waals surface area contributed by atoms with E-state index < -0.39 is 4.92 Å². The van der Waals surface area contributed by atoms with Crippen molar-refractivity contribution in [2.75, 3.05) is 32.6 Å². The maximum Gasteiger partial charge on any atom is 0.349 e. The molecular formula is C12H19N5O3. The number of likely N-dealkylation sites (tertiary alicyclic amines) is 1. The highest BCUT2D eigenvalue weighted by atomic mass is 16.6. The first kappa shape index (κ1) is 14.4. The average molecular weight is 281 g/mol. The third-order valence-corrected chi connectivity index (χ3v) is 3.49. The van der Waals surface area contributed by atoms with E-state index in [-0.39, 0.29) is 17.6 Å². The summed E-state index contributed by atoms with van der Waals surface area (Å²) in [6.45, 7) is 1.43. The molecule has 0 saturated carbocycles. The number of rotatable bonds is 5. The van der Waals surface area contributed by atoms with E-state index in [2.05, 4.69) is 20.2 Å². The van der Waals surface area contributed by atoms with E-state index in [9.17, 15) is 10.1 Å². The number of hydrogen-bond donors (Lipinski definition) is 1. The third kappa shape index (κ3) is 3.32. The lowest BCUT2D eigenvalue weighted by Crippen LogP contribution is -2.40. The second-order valence-electron chi connectivity index (χ2n) is 4.83. The Hall–Kier alpha value is -1.96. The molecule has 2 heterocycles. The predicted octanol–water partition coefficient (Wildman–Crippen LogP) is 1.29. The predicted molar refractivity (Wildman–Crippen MR) is 74.0 cm³/mol. The summed E-state index contributed by atoms with van der Waals surface area (Å²) in [5.41, 5.74) is -0.206. The molecule has 0 aromatic carbocycles. The Bertz CT molecular complexity index is 482. The summed E-state index contributed by atoms with van der Waals surface area (Å²) >= 11 is 0. The van der Waals surface area contributed by atoms with Crippen molar-refractivity contribution in [3.8, 4) is 5.88 Å². The van der Waals surface area contributed by atoms with Gasteiger partial charge in [0, 0.05) is 13.1 Å². The molecular weight excluding hydrogens is 262 g/mol. The van der Waals surface area contributed by atoms with E-state index in [1.807, 2.05) is 7.05 Å². The molecule has 1 fully saturated rings. The summed E-state index contributed by atoms with van der Waals surface area (Å²) in [6.07, 6.45) is 4.55. The van der Waals surface area contributed by atoms with Crippen LogP contribution >= 0.6 is 0 Å². The lowest BCUT2D eigenvalue weighted by molar-refractivity contribution is -0.386. The number of hydrogen-bond acceptors (Lipinski definition) is 7. The number of nitro groups is 1. The number of piperidine rings is 1. The number of anilines is 1. The SMILES string of the molecule is CNc1ncc([N+](=O)[O-])c(OCC2CCCCN2C)n1. The van der Waals surface area contributed by atoms with E-state index in [0.717, 1.165) is 19.4 Å². The Kier molecular flexibility index (Phi) is 4.67. The molecule has 1 aliphatic heterocycles. The van der Waals surface area contributed by atoms with E-state index in [1.54, 1.807) is 7.05 Å². The monoisotopic (exact) mass is 281 g/mol. The zero-order valence-corrected chi connectivity index (χ0v) is 11.7. The minimum absolute atomic E-state index is 0.0216. The quantitative estimate of drug-likeness (QED) is 0.642. The van der Waals surface area contributed by atoms with Crippen molar-refractivity contribution in [1.29, 1.82) is 0 Å². The minimum atomic E-state index is -0.528. The van der Waals surface area contributed by atoms with Crippen molar-refractivity contribution in [3.05, 3.63) is 16.3 Å².